The Morgan fingerprint density at radius 3 is 2.15 bits per heavy atom. The van der Waals surface area contributed by atoms with Crippen molar-refractivity contribution in [3.05, 3.63) is 63.5 Å². The third-order valence-electron chi connectivity index (χ3n) is 5.82. The second-order valence-electron chi connectivity index (χ2n) is 8.48. The van der Waals surface area contributed by atoms with Crippen LogP contribution in [0.15, 0.2) is 41.0 Å². The molecule has 0 bridgehead atoms. The van der Waals surface area contributed by atoms with E-state index in [0.29, 0.717) is 36.5 Å². The van der Waals surface area contributed by atoms with Crippen LogP contribution in [0.4, 0.5) is 5.69 Å². The summed E-state index contributed by atoms with van der Waals surface area (Å²) in [4.78, 5) is 40.2. The van der Waals surface area contributed by atoms with E-state index in [-0.39, 0.29) is 18.0 Å². The fraction of sp³-hybridized carbons (Fsp3) is 0.562. The van der Waals surface area contributed by atoms with Crippen molar-refractivity contribution >= 4 is 23.6 Å². The molecule has 0 radical (unpaired) electrons. The lowest BCUT2D eigenvalue weighted by Crippen LogP contribution is -2.36. The van der Waals surface area contributed by atoms with Crippen molar-refractivity contribution in [2.45, 2.75) is 107 Å². The monoisotopic (exact) mass is 572 g/mol. The zero-order valence-electron chi connectivity index (χ0n) is 27.3. The average Bonchev–Trinajstić information content (AvgIpc) is 3.00. The van der Waals surface area contributed by atoms with Crippen LogP contribution in [0.2, 0.25) is 0 Å². The zero-order valence-corrected chi connectivity index (χ0v) is 27.3. The highest BCUT2D eigenvalue weighted by Gasteiger charge is 2.23. The highest BCUT2D eigenvalue weighted by atomic mass is 16.2. The first kappa shape index (κ1) is 39.7. The van der Waals surface area contributed by atoms with Gasteiger partial charge in [0.2, 0.25) is 5.91 Å². The number of nitrogens with zero attached hydrogens (tertiary/aromatic N) is 4. The van der Waals surface area contributed by atoms with Gasteiger partial charge in [0.1, 0.15) is 6.29 Å². The lowest BCUT2D eigenvalue weighted by atomic mass is 10.1. The molecule has 1 aliphatic rings. The third kappa shape index (κ3) is 12.7. The third-order valence-corrected chi connectivity index (χ3v) is 5.82. The SMILES string of the molecule is CC.CC.CC.CC=O.CCCc1ccc(=O)n(C/C(=C(/N)c2ccc(N3CCCCC3=O)c(CC)n2)N(C)N)c1. The number of hydrogen-bond acceptors (Lipinski definition) is 7. The van der Waals surface area contributed by atoms with Crippen LogP contribution in [0.1, 0.15) is 105 Å². The molecule has 0 saturated carbocycles. The van der Waals surface area contributed by atoms with Gasteiger partial charge in [-0.1, -0.05) is 67.9 Å². The summed E-state index contributed by atoms with van der Waals surface area (Å²) in [6.45, 7) is 18.5. The second-order valence-corrected chi connectivity index (χ2v) is 8.48. The quantitative estimate of drug-likeness (QED) is 0.236. The van der Waals surface area contributed by atoms with Crippen molar-refractivity contribution in [1.29, 1.82) is 0 Å². The maximum absolute atomic E-state index is 12.4. The molecule has 0 unspecified atom stereocenters. The van der Waals surface area contributed by atoms with E-state index in [1.54, 1.807) is 17.7 Å². The Morgan fingerprint density at radius 2 is 1.63 bits per heavy atom. The Labute approximate surface area is 248 Å². The molecule has 0 aliphatic carbocycles. The van der Waals surface area contributed by atoms with Crippen molar-refractivity contribution in [3.63, 3.8) is 0 Å². The summed E-state index contributed by atoms with van der Waals surface area (Å²) in [7, 11) is 1.70. The number of anilines is 1. The highest BCUT2D eigenvalue weighted by molar-refractivity contribution is 5.94. The van der Waals surface area contributed by atoms with Gasteiger partial charge in [0.05, 0.1) is 35.0 Å². The van der Waals surface area contributed by atoms with Gasteiger partial charge >= 0.3 is 0 Å². The van der Waals surface area contributed by atoms with Crippen molar-refractivity contribution < 1.29 is 9.59 Å². The molecule has 3 rings (SSSR count). The van der Waals surface area contributed by atoms with Crippen LogP contribution in [0.25, 0.3) is 5.70 Å². The molecular weight excluding hydrogens is 516 g/mol. The molecule has 3 heterocycles. The van der Waals surface area contributed by atoms with Crippen molar-refractivity contribution in [1.82, 2.24) is 14.6 Å². The van der Waals surface area contributed by atoms with Gasteiger partial charge in [-0.2, -0.15) is 0 Å². The zero-order chi connectivity index (χ0) is 32.0. The first-order valence-electron chi connectivity index (χ1n) is 15.1. The number of nitrogens with two attached hydrogens (primary N) is 2. The Kier molecular flexibility index (Phi) is 22.5. The fourth-order valence-corrected chi connectivity index (χ4v) is 4.05. The van der Waals surface area contributed by atoms with Crippen molar-refractivity contribution in [3.8, 4) is 0 Å². The van der Waals surface area contributed by atoms with Crippen LogP contribution in [0, 0.1) is 0 Å². The summed E-state index contributed by atoms with van der Waals surface area (Å²) in [5.41, 5.74) is 10.7. The number of pyridine rings is 2. The first-order valence-corrected chi connectivity index (χ1v) is 15.1. The van der Waals surface area contributed by atoms with Gasteiger partial charge in [-0.05, 0) is 50.3 Å². The van der Waals surface area contributed by atoms with Gasteiger partial charge in [-0.3, -0.25) is 9.59 Å². The maximum atomic E-state index is 12.4. The summed E-state index contributed by atoms with van der Waals surface area (Å²) < 4.78 is 1.62. The number of rotatable bonds is 8. The van der Waals surface area contributed by atoms with E-state index in [1.165, 1.54) is 11.9 Å². The number of hydrazine groups is 1. The average molecular weight is 573 g/mol. The predicted octanol–water partition coefficient (Wildman–Crippen LogP) is 5.69. The van der Waals surface area contributed by atoms with Gasteiger partial charge in [-0.15, -0.1) is 0 Å². The number of hydrogen-bond donors (Lipinski definition) is 2. The number of carbonyl (C=O) groups excluding carboxylic acids is 2. The van der Waals surface area contributed by atoms with Crippen LogP contribution in [-0.4, -0.2) is 40.3 Å². The largest absolute Gasteiger partial charge is 0.395 e. The molecule has 0 aromatic carbocycles. The van der Waals surface area contributed by atoms with E-state index in [2.05, 4.69) is 6.92 Å². The van der Waals surface area contributed by atoms with Gasteiger partial charge in [0.25, 0.3) is 5.56 Å². The van der Waals surface area contributed by atoms with Gasteiger partial charge in [0.15, 0.2) is 0 Å². The molecule has 0 spiro atoms. The molecule has 1 aliphatic heterocycles. The molecule has 4 N–H and O–H groups in total. The molecular formula is C32H56N6O3. The Bertz CT molecular complexity index is 1110. The minimum absolute atomic E-state index is 0.113. The summed E-state index contributed by atoms with van der Waals surface area (Å²) >= 11 is 0. The van der Waals surface area contributed by atoms with Crippen LogP contribution in [-0.2, 0) is 29.0 Å². The van der Waals surface area contributed by atoms with E-state index < -0.39 is 0 Å². The fourth-order valence-electron chi connectivity index (χ4n) is 4.05. The molecule has 9 nitrogen and oxygen atoms in total. The molecule has 9 heteroatoms. The molecule has 232 valence electrons. The lowest BCUT2D eigenvalue weighted by Gasteiger charge is -2.28. The van der Waals surface area contributed by atoms with Gasteiger partial charge < -0.3 is 25.0 Å². The molecule has 1 amide bonds. The van der Waals surface area contributed by atoms with E-state index in [1.807, 2.05) is 77.8 Å². The predicted molar refractivity (Wildman–Crippen MR) is 173 cm³/mol. The summed E-state index contributed by atoms with van der Waals surface area (Å²) in [6, 6.07) is 7.18. The minimum atomic E-state index is -0.113. The molecule has 41 heavy (non-hydrogen) atoms. The van der Waals surface area contributed by atoms with E-state index in [9.17, 15) is 9.59 Å². The number of amides is 1. The standard InChI is InChI=1S/C24H34N6O2.C2H4O.3C2H6/c1-4-8-17-10-13-22(31)29(15-17)16-21(28(3)26)24(25)19-11-12-20(18(5-2)27-19)30-14-7-6-9-23(30)32;1-2-3;3*1-2/h10-13,15H,4-9,14,16,25-26H2,1-3H3;2H,1H3;3*1-2H3/b24-21-;;;;. The molecule has 2 aromatic heterocycles. The van der Waals surface area contributed by atoms with Crippen LogP contribution in [0.5, 0.6) is 0 Å². The number of aldehydes is 1. The molecule has 1 saturated heterocycles. The molecule has 0 atom stereocenters. The van der Waals surface area contributed by atoms with E-state index in [4.69, 9.17) is 21.4 Å². The maximum Gasteiger partial charge on any atom is 0.250 e. The smallest absolute Gasteiger partial charge is 0.250 e. The minimum Gasteiger partial charge on any atom is -0.395 e. The van der Waals surface area contributed by atoms with Crippen molar-refractivity contribution in [2.75, 3.05) is 18.5 Å². The molecule has 1 fully saturated rings. The normalized spacial score (nSPS) is 12.5. The second kappa shape index (κ2) is 23.3. The number of aromatic nitrogens is 2. The number of carbonyl (C=O) groups is 2. The van der Waals surface area contributed by atoms with Gasteiger partial charge in [-0.25, -0.2) is 10.8 Å². The Hall–Kier alpha value is -3.46. The lowest BCUT2D eigenvalue weighted by molar-refractivity contribution is -0.119. The van der Waals surface area contributed by atoms with Crippen LogP contribution >= 0.6 is 0 Å². The number of piperidine rings is 1. The van der Waals surface area contributed by atoms with Crippen LogP contribution < -0.4 is 22.0 Å². The summed E-state index contributed by atoms with van der Waals surface area (Å²) in [5.74, 6) is 6.24. The van der Waals surface area contributed by atoms with E-state index >= 15 is 0 Å². The number of aryl methyl sites for hydroxylation is 2. The topological polar surface area (TPSA) is 128 Å². The summed E-state index contributed by atoms with van der Waals surface area (Å²) in [6.07, 6.45) is 7.67. The molecule has 2 aromatic rings. The number of likely N-dealkylation sites (N-methyl/N-ethyl adjacent to an activating group) is 1. The summed E-state index contributed by atoms with van der Waals surface area (Å²) in [5, 5.41) is 1.43. The van der Waals surface area contributed by atoms with Crippen LogP contribution in [0.3, 0.4) is 0 Å². The van der Waals surface area contributed by atoms with Crippen molar-refractivity contribution in [2.24, 2.45) is 11.6 Å². The van der Waals surface area contributed by atoms with E-state index in [0.717, 1.165) is 48.9 Å². The van der Waals surface area contributed by atoms with Gasteiger partial charge in [0, 0.05) is 32.3 Å². The Balaban J connectivity index is 0. The number of allylic oxidation sites excluding steroid dienone is 1. The first-order chi connectivity index (χ1) is 19.8. The highest BCUT2D eigenvalue weighted by Crippen LogP contribution is 2.26. The Morgan fingerprint density at radius 1 is 1.02 bits per heavy atom.